The minimum Gasteiger partial charge on any atom is -0.392 e. The van der Waals surface area contributed by atoms with Gasteiger partial charge in [0.2, 0.25) is 10.0 Å². The first-order valence-electron chi connectivity index (χ1n) is 6.73. The van der Waals surface area contributed by atoms with E-state index >= 15 is 0 Å². The monoisotopic (exact) mass is 307 g/mol. The Morgan fingerprint density at radius 1 is 1.33 bits per heavy atom. The largest absolute Gasteiger partial charge is 0.392 e. The third kappa shape index (κ3) is 2.48. The fourth-order valence-electron chi connectivity index (χ4n) is 2.52. The maximum Gasteiger partial charge on any atom is 0.243 e. The highest BCUT2D eigenvalue weighted by Crippen LogP contribution is 2.24. The van der Waals surface area contributed by atoms with Crippen molar-refractivity contribution in [2.45, 2.75) is 31.5 Å². The second-order valence-electron chi connectivity index (χ2n) is 5.13. The molecule has 2 heterocycles. The van der Waals surface area contributed by atoms with Crippen LogP contribution in [-0.4, -0.2) is 33.9 Å². The zero-order valence-corrected chi connectivity index (χ0v) is 12.5. The van der Waals surface area contributed by atoms with Gasteiger partial charge in [0.25, 0.3) is 0 Å². The number of imidazole rings is 1. The third-order valence-electron chi connectivity index (χ3n) is 3.76. The summed E-state index contributed by atoms with van der Waals surface area (Å²) in [6.07, 6.45) is 3.54. The first kappa shape index (κ1) is 14.2. The van der Waals surface area contributed by atoms with Crippen molar-refractivity contribution in [3.63, 3.8) is 0 Å². The lowest BCUT2D eigenvalue weighted by atomic mass is 10.2. The maximum atomic E-state index is 12.8. The average Bonchev–Trinajstić information content (AvgIpc) is 2.95. The quantitative estimate of drug-likeness (QED) is 0.913. The lowest BCUT2D eigenvalue weighted by molar-refractivity contribution is 0.281. The fourth-order valence-corrected chi connectivity index (χ4v) is 4.18. The molecule has 0 radical (unpaired) electrons. The highest BCUT2D eigenvalue weighted by atomic mass is 32.2. The van der Waals surface area contributed by atoms with Crippen LogP contribution in [0.5, 0.6) is 0 Å². The third-order valence-corrected chi connectivity index (χ3v) is 5.75. The number of hydrogen-bond donors (Lipinski definition) is 1. The highest BCUT2D eigenvalue weighted by Gasteiger charge is 2.30. The van der Waals surface area contributed by atoms with E-state index in [9.17, 15) is 13.5 Å². The van der Waals surface area contributed by atoms with Crippen LogP contribution in [0.1, 0.15) is 17.0 Å². The van der Waals surface area contributed by atoms with Crippen LogP contribution < -0.4 is 0 Å². The molecule has 0 amide bonds. The maximum absolute atomic E-state index is 12.8. The molecule has 1 aliphatic heterocycles. The Labute approximate surface area is 123 Å². The van der Waals surface area contributed by atoms with Gasteiger partial charge in [0.1, 0.15) is 5.82 Å². The molecule has 3 rings (SSSR count). The van der Waals surface area contributed by atoms with E-state index in [1.165, 1.54) is 4.31 Å². The smallest absolute Gasteiger partial charge is 0.243 e. The van der Waals surface area contributed by atoms with E-state index in [-0.39, 0.29) is 18.0 Å². The zero-order chi connectivity index (χ0) is 15.0. The number of aryl methyl sites for hydroxylation is 1. The molecule has 2 aromatic rings. The Kier molecular flexibility index (Phi) is 3.56. The van der Waals surface area contributed by atoms with Gasteiger partial charge in [-0.1, -0.05) is 12.1 Å². The van der Waals surface area contributed by atoms with E-state index in [0.29, 0.717) is 24.2 Å². The van der Waals surface area contributed by atoms with Crippen molar-refractivity contribution in [3.05, 3.63) is 47.5 Å². The summed E-state index contributed by atoms with van der Waals surface area (Å²) in [5, 5.41) is 9.21. The molecule has 1 N–H and O–H groups in total. The van der Waals surface area contributed by atoms with E-state index < -0.39 is 10.0 Å². The van der Waals surface area contributed by atoms with Crippen LogP contribution >= 0.6 is 0 Å². The number of hydrogen-bond acceptors (Lipinski definition) is 4. The molecule has 0 spiro atoms. The van der Waals surface area contributed by atoms with Gasteiger partial charge in [-0.2, -0.15) is 4.31 Å². The summed E-state index contributed by atoms with van der Waals surface area (Å²) in [4.78, 5) is 4.45. The second-order valence-corrected chi connectivity index (χ2v) is 7.04. The van der Waals surface area contributed by atoms with Crippen LogP contribution in [0.2, 0.25) is 0 Å². The molecule has 1 aromatic carbocycles. The number of aromatic nitrogens is 2. The van der Waals surface area contributed by atoms with Gasteiger partial charge >= 0.3 is 0 Å². The Balaban J connectivity index is 1.98. The summed E-state index contributed by atoms with van der Waals surface area (Å²) in [5.41, 5.74) is 1.28. The van der Waals surface area contributed by atoms with Gasteiger partial charge in [-0.3, -0.25) is 0 Å². The summed E-state index contributed by atoms with van der Waals surface area (Å²) < 4.78 is 29.0. The predicted molar refractivity (Wildman–Crippen MR) is 76.9 cm³/mol. The standard InChI is InChI=1S/C14H17N3O3S/c1-11-2-3-12(10-18)8-13(11)21(19,20)17-7-6-16-5-4-15-14(16)9-17/h2-5,8,18H,6-7,9-10H2,1H3. The van der Waals surface area contributed by atoms with Gasteiger partial charge < -0.3 is 9.67 Å². The van der Waals surface area contributed by atoms with Crippen molar-refractivity contribution in [2.75, 3.05) is 6.54 Å². The van der Waals surface area contributed by atoms with Crippen LogP contribution in [0.15, 0.2) is 35.5 Å². The average molecular weight is 307 g/mol. The molecule has 7 heteroatoms. The van der Waals surface area contributed by atoms with E-state index in [2.05, 4.69) is 4.98 Å². The summed E-state index contributed by atoms with van der Waals surface area (Å²) >= 11 is 0. The Hall–Kier alpha value is -1.70. The van der Waals surface area contributed by atoms with Crippen molar-refractivity contribution in [3.8, 4) is 0 Å². The lowest BCUT2D eigenvalue weighted by Gasteiger charge is -2.27. The Morgan fingerprint density at radius 2 is 2.14 bits per heavy atom. The molecule has 0 saturated carbocycles. The van der Waals surface area contributed by atoms with Crippen LogP contribution in [0, 0.1) is 6.92 Å². The SMILES string of the molecule is Cc1ccc(CO)cc1S(=O)(=O)N1CCn2ccnc2C1. The summed E-state index contributed by atoms with van der Waals surface area (Å²) in [6, 6.07) is 5.01. The molecule has 21 heavy (non-hydrogen) atoms. The number of nitrogens with zero attached hydrogens (tertiary/aromatic N) is 3. The van der Waals surface area contributed by atoms with Gasteiger partial charge in [-0.25, -0.2) is 13.4 Å². The molecule has 6 nitrogen and oxygen atoms in total. The van der Waals surface area contributed by atoms with Crippen molar-refractivity contribution < 1.29 is 13.5 Å². The molecule has 1 aliphatic rings. The van der Waals surface area contributed by atoms with Gasteiger partial charge in [-0.15, -0.1) is 0 Å². The van der Waals surface area contributed by atoms with Crippen molar-refractivity contribution >= 4 is 10.0 Å². The molecule has 0 aliphatic carbocycles. The predicted octanol–water partition coefficient (Wildman–Crippen LogP) is 0.888. The molecule has 1 aromatic heterocycles. The van der Waals surface area contributed by atoms with Gasteiger partial charge in [-0.05, 0) is 24.1 Å². The van der Waals surface area contributed by atoms with Crippen LogP contribution in [0.3, 0.4) is 0 Å². The van der Waals surface area contributed by atoms with Crippen molar-refractivity contribution in [1.82, 2.24) is 13.9 Å². The first-order valence-corrected chi connectivity index (χ1v) is 8.17. The molecule has 0 fully saturated rings. The zero-order valence-electron chi connectivity index (χ0n) is 11.7. The molecule has 0 unspecified atom stereocenters. The highest BCUT2D eigenvalue weighted by molar-refractivity contribution is 7.89. The Bertz CT molecular complexity index is 768. The number of sulfonamides is 1. The number of aliphatic hydroxyl groups is 1. The second kappa shape index (κ2) is 5.25. The minimum atomic E-state index is -3.58. The van der Waals surface area contributed by atoms with Crippen LogP contribution in [0.25, 0.3) is 0 Å². The lowest BCUT2D eigenvalue weighted by Crippen LogP contribution is -2.38. The molecule has 0 atom stereocenters. The van der Waals surface area contributed by atoms with Gasteiger partial charge in [0, 0.05) is 25.5 Å². The molecular formula is C14H17N3O3S. The molecular weight excluding hydrogens is 290 g/mol. The van der Waals surface area contributed by atoms with E-state index in [1.54, 1.807) is 31.3 Å². The van der Waals surface area contributed by atoms with Gasteiger partial charge in [0.05, 0.1) is 18.0 Å². The summed E-state index contributed by atoms with van der Waals surface area (Å²) in [5.74, 6) is 0.751. The first-order chi connectivity index (χ1) is 10.0. The van der Waals surface area contributed by atoms with Crippen LogP contribution in [-0.2, 0) is 29.7 Å². The number of benzene rings is 1. The normalized spacial score (nSPS) is 15.9. The number of aliphatic hydroxyl groups excluding tert-OH is 1. The van der Waals surface area contributed by atoms with E-state index in [1.807, 2.05) is 10.8 Å². The van der Waals surface area contributed by atoms with Crippen molar-refractivity contribution in [2.24, 2.45) is 0 Å². The van der Waals surface area contributed by atoms with Crippen LogP contribution in [0.4, 0.5) is 0 Å². The summed E-state index contributed by atoms with van der Waals surface area (Å²) in [6.45, 7) is 2.89. The van der Waals surface area contributed by atoms with E-state index in [0.717, 1.165) is 5.82 Å². The van der Waals surface area contributed by atoms with Crippen molar-refractivity contribution in [1.29, 1.82) is 0 Å². The molecule has 0 bridgehead atoms. The number of rotatable bonds is 3. The summed E-state index contributed by atoms with van der Waals surface area (Å²) in [7, 11) is -3.58. The molecule has 0 saturated heterocycles. The Morgan fingerprint density at radius 3 is 2.90 bits per heavy atom. The topological polar surface area (TPSA) is 75.4 Å². The van der Waals surface area contributed by atoms with E-state index in [4.69, 9.17) is 0 Å². The fraction of sp³-hybridized carbons (Fsp3) is 0.357. The van der Waals surface area contributed by atoms with Gasteiger partial charge in [0.15, 0.2) is 0 Å². The molecule has 112 valence electrons. The number of fused-ring (bicyclic) bond motifs is 1. The minimum absolute atomic E-state index is 0.173.